The molecule has 0 aliphatic carbocycles. The zero-order chi connectivity index (χ0) is 22.2. The van der Waals surface area contributed by atoms with Crippen molar-refractivity contribution < 1.29 is 18.0 Å². The molecule has 1 fully saturated rings. The Labute approximate surface area is 176 Å². The molecule has 9 heteroatoms. The first-order valence-corrected chi connectivity index (χ1v) is 9.93. The van der Waals surface area contributed by atoms with Gasteiger partial charge < -0.3 is 4.90 Å². The second-order valence-corrected chi connectivity index (χ2v) is 7.58. The van der Waals surface area contributed by atoms with Crippen LogP contribution in [-0.4, -0.2) is 38.2 Å². The van der Waals surface area contributed by atoms with Gasteiger partial charge in [-0.2, -0.15) is 18.3 Å². The molecule has 1 amide bonds. The van der Waals surface area contributed by atoms with E-state index < -0.39 is 11.7 Å². The van der Waals surface area contributed by atoms with Crippen LogP contribution >= 0.6 is 0 Å². The van der Waals surface area contributed by atoms with Crippen LogP contribution in [0.5, 0.6) is 0 Å². The van der Waals surface area contributed by atoms with Gasteiger partial charge in [0.2, 0.25) is 0 Å². The molecule has 0 spiro atoms. The first-order valence-electron chi connectivity index (χ1n) is 9.93. The fourth-order valence-electron chi connectivity index (χ4n) is 3.89. The summed E-state index contributed by atoms with van der Waals surface area (Å²) in [6, 6.07) is 13.5. The summed E-state index contributed by atoms with van der Waals surface area (Å²) in [4.78, 5) is 27.0. The summed E-state index contributed by atoms with van der Waals surface area (Å²) in [5.74, 6) is 0.347. The molecule has 2 heterocycles. The fraction of sp³-hybridized carbons (Fsp3) is 0.318. The molecule has 0 unspecified atom stereocenters. The molecule has 4 rings (SSSR count). The summed E-state index contributed by atoms with van der Waals surface area (Å²) in [5, 5.41) is 4.43. The lowest BCUT2D eigenvalue weighted by Crippen LogP contribution is -2.38. The molecule has 0 N–H and O–H groups in total. The van der Waals surface area contributed by atoms with Crippen molar-refractivity contribution in [2.45, 2.75) is 24.9 Å². The second-order valence-electron chi connectivity index (χ2n) is 7.58. The third-order valence-corrected chi connectivity index (χ3v) is 5.57. The number of likely N-dealkylation sites (tertiary alicyclic amines) is 1. The van der Waals surface area contributed by atoms with Crippen molar-refractivity contribution in [2.24, 2.45) is 7.05 Å². The molecule has 3 aromatic rings. The summed E-state index contributed by atoms with van der Waals surface area (Å²) < 4.78 is 41.1. The number of benzene rings is 2. The van der Waals surface area contributed by atoms with Crippen molar-refractivity contribution in [2.75, 3.05) is 13.1 Å². The highest BCUT2D eigenvalue weighted by molar-refractivity contribution is 5.94. The van der Waals surface area contributed by atoms with Crippen LogP contribution in [-0.2, 0) is 13.2 Å². The van der Waals surface area contributed by atoms with Gasteiger partial charge in [0.25, 0.3) is 5.91 Å². The Morgan fingerprint density at radius 1 is 1.00 bits per heavy atom. The van der Waals surface area contributed by atoms with E-state index in [1.807, 2.05) is 30.3 Å². The van der Waals surface area contributed by atoms with Crippen molar-refractivity contribution in [1.29, 1.82) is 0 Å². The largest absolute Gasteiger partial charge is 0.416 e. The Morgan fingerprint density at radius 3 is 2.19 bits per heavy atom. The van der Waals surface area contributed by atoms with Gasteiger partial charge in [0.15, 0.2) is 0 Å². The number of carbonyl (C=O) groups excluding carboxylic acids is 1. The Bertz CT molecular complexity index is 1130. The Hall–Kier alpha value is -3.36. The minimum atomic E-state index is -4.43. The predicted molar refractivity (Wildman–Crippen MR) is 108 cm³/mol. The molecule has 0 bridgehead atoms. The maximum atomic E-state index is 12.7. The van der Waals surface area contributed by atoms with Crippen LogP contribution in [0, 0.1) is 0 Å². The molecule has 0 radical (unpaired) electrons. The highest BCUT2D eigenvalue weighted by Crippen LogP contribution is 2.30. The normalized spacial score (nSPS) is 15.3. The Balaban J connectivity index is 1.49. The van der Waals surface area contributed by atoms with Gasteiger partial charge in [0, 0.05) is 31.6 Å². The number of piperidine rings is 1. The Kier molecular flexibility index (Phi) is 5.43. The number of rotatable bonds is 3. The molecular formula is C22H21F3N4O2. The van der Waals surface area contributed by atoms with E-state index in [9.17, 15) is 22.8 Å². The van der Waals surface area contributed by atoms with Gasteiger partial charge in [0.1, 0.15) is 5.82 Å². The average Bonchev–Trinajstić information content (AvgIpc) is 3.08. The summed E-state index contributed by atoms with van der Waals surface area (Å²) >= 11 is 0. The van der Waals surface area contributed by atoms with Crippen LogP contribution in [0.4, 0.5) is 13.2 Å². The first kappa shape index (κ1) is 20.9. The number of alkyl halides is 3. The van der Waals surface area contributed by atoms with Crippen LogP contribution in [0.25, 0.3) is 5.69 Å². The van der Waals surface area contributed by atoms with Crippen LogP contribution < -0.4 is 5.69 Å². The number of para-hydroxylation sites is 1. The predicted octanol–water partition coefficient (Wildman–Crippen LogP) is 3.61. The first-order chi connectivity index (χ1) is 14.8. The van der Waals surface area contributed by atoms with Crippen LogP contribution in [0.15, 0.2) is 59.4 Å². The number of aromatic nitrogens is 3. The lowest BCUT2D eigenvalue weighted by atomic mass is 9.95. The highest BCUT2D eigenvalue weighted by Gasteiger charge is 2.32. The maximum absolute atomic E-state index is 12.7. The van der Waals surface area contributed by atoms with Crippen molar-refractivity contribution in [3.05, 3.63) is 82.0 Å². The quantitative estimate of drug-likeness (QED) is 0.638. The smallest absolute Gasteiger partial charge is 0.339 e. The number of amides is 1. The SMILES string of the molecule is Cn1nc(C2CCN(C(=O)c3ccc(C(F)(F)F)cc3)CC2)n(-c2ccccc2)c1=O. The Morgan fingerprint density at radius 2 is 1.61 bits per heavy atom. The number of hydrogen-bond acceptors (Lipinski definition) is 3. The lowest BCUT2D eigenvalue weighted by molar-refractivity contribution is -0.137. The molecule has 1 aromatic heterocycles. The van der Waals surface area contributed by atoms with Gasteiger partial charge in [-0.15, -0.1) is 0 Å². The van der Waals surface area contributed by atoms with Gasteiger partial charge in [-0.25, -0.2) is 14.0 Å². The molecule has 6 nitrogen and oxygen atoms in total. The number of aryl methyl sites for hydroxylation is 1. The molecule has 1 saturated heterocycles. The summed E-state index contributed by atoms with van der Waals surface area (Å²) in [5.41, 5.74) is -0.0504. The van der Waals surface area contributed by atoms with Gasteiger partial charge in [-0.3, -0.25) is 4.79 Å². The van der Waals surface area contributed by atoms with Gasteiger partial charge >= 0.3 is 11.9 Å². The molecule has 2 aromatic carbocycles. The maximum Gasteiger partial charge on any atom is 0.416 e. The topological polar surface area (TPSA) is 60.1 Å². The van der Waals surface area contributed by atoms with E-state index in [0.717, 1.165) is 17.8 Å². The minimum Gasteiger partial charge on any atom is -0.339 e. The molecule has 1 aliphatic heterocycles. The molecule has 0 saturated carbocycles. The fourth-order valence-corrected chi connectivity index (χ4v) is 3.89. The molecule has 162 valence electrons. The van der Waals surface area contributed by atoms with Gasteiger partial charge in [-0.05, 0) is 49.2 Å². The van der Waals surface area contributed by atoms with Gasteiger partial charge in [0.05, 0.1) is 11.3 Å². The van der Waals surface area contributed by atoms with E-state index in [4.69, 9.17) is 0 Å². The van der Waals surface area contributed by atoms with Crippen molar-refractivity contribution in [3.8, 4) is 5.69 Å². The molecular weight excluding hydrogens is 409 g/mol. The zero-order valence-corrected chi connectivity index (χ0v) is 16.8. The monoisotopic (exact) mass is 430 g/mol. The van der Waals surface area contributed by atoms with Crippen LogP contribution in [0.1, 0.15) is 40.5 Å². The standard InChI is InChI=1S/C22H21F3N4O2/c1-27-21(31)29(18-5-3-2-4-6-18)19(26-27)15-11-13-28(14-12-15)20(30)16-7-9-17(10-8-16)22(23,24)25/h2-10,15H,11-14H2,1H3. The lowest BCUT2D eigenvalue weighted by Gasteiger charge is -2.31. The number of hydrogen-bond donors (Lipinski definition) is 0. The summed E-state index contributed by atoms with van der Waals surface area (Å²) in [6.07, 6.45) is -3.22. The van der Waals surface area contributed by atoms with E-state index in [2.05, 4.69) is 5.10 Å². The molecule has 31 heavy (non-hydrogen) atoms. The summed E-state index contributed by atoms with van der Waals surface area (Å²) in [6.45, 7) is 0.869. The average molecular weight is 430 g/mol. The van der Waals surface area contributed by atoms with E-state index in [-0.39, 0.29) is 23.1 Å². The third-order valence-electron chi connectivity index (χ3n) is 5.57. The van der Waals surface area contributed by atoms with E-state index in [1.54, 1.807) is 16.5 Å². The number of halogens is 3. The number of nitrogens with zero attached hydrogens (tertiary/aromatic N) is 4. The van der Waals surface area contributed by atoms with Crippen molar-refractivity contribution >= 4 is 5.91 Å². The van der Waals surface area contributed by atoms with Crippen LogP contribution in [0.3, 0.4) is 0 Å². The van der Waals surface area contributed by atoms with Gasteiger partial charge in [-0.1, -0.05) is 18.2 Å². The second kappa shape index (κ2) is 8.05. The minimum absolute atomic E-state index is 0.00855. The highest BCUT2D eigenvalue weighted by atomic mass is 19.4. The van der Waals surface area contributed by atoms with E-state index in [1.165, 1.54) is 16.8 Å². The number of carbonyl (C=O) groups is 1. The molecule has 0 atom stereocenters. The summed E-state index contributed by atoms with van der Waals surface area (Å²) in [7, 11) is 1.61. The third kappa shape index (κ3) is 4.12. The van der Waals surface area contributed by atoms with Crippen molar-refractivity contribution in [1.82, 2.24) is 19.2 Å². The molecule has 1 aliphatic rings. The van der Waals surface area contributed by atoms with E-state index >= 15 is 0 Å². The van der Waals surface area contributed by atoms with Crippen molar-refractivity contribution in [3.63, 3.8) is 0 Å². The zero-order valence-electron chi connectivity index (χ0n) is 16.8. The van der Waals surface area contributed by atoms with Crippen LogP contribution in [0.2, 0.25) is 0 Å². The van der Waals surface area contributed by atoms with E-state index in [0.29, 0.717) is 31.8 Å².